The summed E-state index contributed by atoms with van der Waals surface area (Å²) in [5, 5.41) is 11.6. The number of alkyl halides is 3. The van der Waals surface area contributed by atoms with E-state index in [4.69, 9.17) is 0 Å². The van der Waals surface area contributed by atoms with Crippen molar-refractivity contribution in [1.29, 1.82) is 5.26 Å². The molecule has 2 aliphatic heterocycles. The van der Waals surface area contributed by atoms with E-state index < -0.39 is 64.4 Å². The number of likely N-dealkylation sites (tertiary alicyclic amines) is 1. The zero-order valence-electron chi connectivity index (χ0n) is 23.2. The van der Waals surface area contributed by atoms with Gasteiger partial charge in [-0.1, -0.05) is 26.0 Å². The van der Waals surface area contributed by atoms with Gasteiger partial charge in [0.1, 0.15) is 17.4 Å². The van der Waals surface area contributed by atoms with Gasteiger partial charge in [-0.15, -0.1) is 0 Å². The summed E-state index contributed by atoms with van der Waals surface area (Å²) in [5.41, 5.74) is -2.20. The smallest absolute Gasteiger partial charge is 0.341 e. The van der Waals surface area contributed by atoms with Crippen molar-refractivity contribution in [1.82, 2.24) is 20.0 Å². The Labute approximate surface area is 239 Å². The van der Waals surface area contributed by atoms with E-state index in [2.05, 4.69) is 5.32 Å². The molecule has 0 aromatic heterocycles. The summed E-state index contributed by atoms with van der Waals surface area (Å²) in [5.74, 6) is -3.79. The summed E-state index contributed by atoms with van der Waals surface area (Å²) in [6, 6.07) is 8.50. The number of hydrogen-bond donors (Lipinski definition) is 1. The largest absolute Gasteiger partial charge is 0.416 e. The van der Waals surface area contributed by atoms with E-state index in [0.29, 0.717) is 29.3 Å². The number of urea groups is 1. The molecule has 0 radical (unpaired) electrons. The van der Waals surface area contributed by atoms with E-state index in [9.17, 15) is 42.0 Å². The van der Waals surface area contributed by atoms with Gasteiger partial charge in [0.05, 0.1) is 22.8 Å². The molecule has 0 bridgehead atoms. The van der Waals surface area contributed by atoms with Crippen molar-refractivity contribution in [2.45, 2.75) is 51.0 Å². The van der Waals surface area contributed by atoms with Crippen LogP contribution in [0.4, 0.5) is 22.4 Å². The molecular formula is C29H29F4N5O4. The third-order valence-electron chi connectivity index (χ3n) is 7.79. The van der Waals surface area contributed by atoms with Gasteiger partial charge in [-0.3, -0.25) is 19.3 Å². The minimum Gasteiger partial charge on any atom is -0.341 e. The number of piperidine rings is 1. The van der Waals surface area contributed by atoms with Gasteiger partial charge < -0.3 is 15.1 Å². The van der Waals surface area contributed by atoms with Crippen LogP contribution in [0.25, 0.3) is 0 Å². The molecule has 222 valence electrons. The lowest BCUT2D eigenvalue weighted by atomic mass is 9.85. The predicted molar refractivity (Wildman–Crippen MR) is 141 cm³/mol. The molecule has 0 aliphatic carbocycles. The van der Waals surface area contributed by atoms with Gasteiger partial charge in [-0.2, -0.15) is 18.4 Å². The van der Waals surface area contributed by atoms with Gasteiger partial charge in [-0.05, 0) is 54.7 Å². The summed E-state index contributed by atoms with van der Waals surface area (Å²) >= 11 is 0. The molecule has 5 amide bonds. The van der Waals surface area contributed by atoms with Crippen LogP contribution in [-0.4, -0.2) is 70.2 Å². The second-order valence-corrected chi connectivity index (χ2v) is 10.8. The molecule has 2 aromatic carbocycles. The number of imide groups is 1. The Bertz CT molecular complexity index is 1460. The zero-order valence-corrected chi connectivity index (χ0v) is 23.2. The molecule has 9 nitrogen and oxygen atoms in total. The molecule has 42 heavy (non-hydrogen) atoms. The van der Waals surface area contributed by atoms with Crippen LogP contribution in [0.1, 0.15) is 53.7 Å². The first-order chi connectivity index (χ1) is 19.7. The Hall–Kier alpha value is -4.47. The van der Waals surface area contributed by atoms with Gasteiger partial charge in [0.2, 0.25) is 5.91 Å². The van der Waals surface area contributed by atoms with Crippen LogP contribution in [0, 0.1) is 23.1 Å². The number of halogens is 4. The van der Waals surface area contributed by atoms with E-state index in [0.717, 1.165) is 4.90 Å². The van der Waals surface area contributed by atoms with Gasteiger partial charge >= 0.3 is 12.2 Å². The van der Waals surface area contributed by atoms with Crippen molar-refractivity contribution in [2.75, 3.05) is 20.1 Å². The highest BCUT2D eigenvalue weighted by molar-refractivity contribution is 6.07. The Morgan fingerprint density at radius 3 is 2.36 bits per heavy atom. The number of carbonyl (C=O) groups is 4. The average Bonchev–Trinajstić information content (AvgIpc) is 3.11. The maximum Gasteiger partial charge on any atom is 0.416 e. The number of carbonyl (C=O) groups excluding carboxylic acids is 4. The number of nitriles is 1. The van der Waals surface area contributed by atoms with Gasteiger partial charge in [0.15, 0.2) is 0 Å². The second kappa shape index (κ2) is 11.4. The quantitative estimate of drug-likeness (QED) is 0.407. The molecular weight excluding hydrogens is 558 g/mol. The van der Waals surface area contributed by atoms with Crippen LogP contribution in [0.2, 0.25) is 0 Å². The van der Waals surface area contributed by atoms with Crippen molar-refractivity contribution in [3.8, 4) is 6.07 Å². The molecule has 4 rings (SSSR count). The van der Waals surface area contributed by atoms with Crippen LogP contribution < -0.4 is 5.32 Å². The van der Waals surface area contributed by atoms with E-state index in [1.807, 2.05) is 6.07 Å². The minimum absolute atomic E-state index is 0.0530. The molecule has 2 fully saturated rings. The highest BCUT2D eigenvalue weighted by atomic mass is 19.4. The molecule has 13 heteroatoms. The number of rotatable bonds is 6. The number of likely N-dealkylation sites (N-methyl/N-ethyl adjacent to an activating group) is 1. The first kappa shape index (κ1) is 30.5. The van der Waals surface area contributed by atoms with Crippen molar-refractivity contribution < 1.29 is 36.7 Å². The van der Waals surface area contributed by atoms with E-state index in [1.54, 1.807) is 38.1 Å². The summed E-state index contributed by atoms with van der Waals surface area (Å²) < 4.78 is 53.7. The summed E-state index contributed by atoms with van der Waals surface area (Å²) in [6.45, 7) is 3.43. The Morgan fingerprint density at radius 2 is 1.76 bits per heavy atom. The molecule has 0 unspecified atom stereocenters. The van der Waals surface area contributed by atoms with E-state index in [1.165, 1.54) is 16.8 Å². The first-order valence-electron chi connectivity index (χ1n) is 13.2. The number of nitrogens with zero attached hydrogens (tertiary/aromatic N) is 4. The fraction of sp³-hybridized carbons (Fsp3) is 0.414. The lowest BCUT2D eigenvalue weighted by Crippen LogP contribution is -2.60. The molecule has 2 saturated heterocycles. The van der Waals surface area contributed by atoms with Crippen LogP contribution >= 0.6 is 0 Å². The maximum absolute atomic E-state index is 14.3. The summed E-state index contributed by atoms with van der Waals surface area (Å²) in [4.78, 5) is 56.6. The van der Waals surface area contributed by atoms with Crippen molar-refractivity contribution in [2.24, 2.45) is 5.92 Å². The third kappa shape index (κ3) is 5.66. The Kier molecular flexibility index (Phi) is 8.29. The molecule has 2 heterocycles. The van der Waals surface area contributed by atoms with Gasteiger partial charge in [0, 0.05) is 26.7 Å². The molecule has 0 saturated carbocycles. The van der Waals surface area contributed by atoms with Crippen LogP contribution in [-0.2, 0) is 22.3 Å². The number of benzene rings is 2. The molecule has 1 atom stereocenters. The van der Waals surface area contributed by atoms with Crippen LogP contribution in [0.15, 0.2) is 42.5 Å². The summed E-state index contributed by atoms with van der Waals surface area (Å²) in [6.07, 6.45) is -4.58. The Morgan fingerprint density at radius 1 is 1.10 bits per heavy atom. The lowest BCUT2D eigenvalue weighted by molar-refractivity contribution is -0.142. The van der Waals surface area contributed by atoms with Crippen molar-refractivity contribution in [3.63, 3.8) is 0 Å². The number of nitrogens with one attached hydrogen (secondary N) is 1. The number of amides is 5. The standard InChI is InChI=1S/C29H29F4N5O4/c1-17(2)23(35-24(39)21-14-20(29(31,32)33)7-8-22(21)30)25(40)37-11-9-28(10-12-37)26(41)36(3)27(42)38(28)16-19-6-4-5-18(13-19)15-34/h4-8,13-14,17,23H,9-12,16H2,1-3H3,(H,35,39)/t23-/m1/s1. The second-order valence-electron chi connectivity index (χ2n) is 10.8. The van der Waals surface area contributed by atoms with Gasteiger partial charge in [-0.25, -0.2) is 9.18 Å². The normalized spacial score (nSPS) is 17.5. The molecule has 1 spiro atoms. The van der Waals surface area contributed by atoms with Crippen molar-refractivity contribution in [3.05, 3.63) is 70.5 Å². The molecule has 1 N–H and O–H groups in total. The fourth-order valence-electron chi connectivity index (χ4n) is 5.41. The summed E-state index contributed by atoms with van der Waals surface area (Å²) in [7, 11) is 1.38. The number of hydrogen-bond acceptors (Lipinski definition) is 5. The topological polar surface area (TPSA) is 114 Å². The zero-order chi connectivity index (χ0) is 31.0. The van der Waals surface area contributed by atoms with Crippen LogP contribution in [0.5, 0.6) is 0 Å². The SMILES string of the molecule is CC(C)[C@@H](NC(=O)c1cc(C(F)(F)F)ccc1F)C(=O)N1CCC2(CC1)C(=O)N(C)C(=O)N2Cc1cccc(C#N)c1. The predicted octanol–water partition coefficient (Wildman–Crippen LogP) is 3.93. The Balaban J connectivity index is 1.51. The third-order valence-corrected chi connectivity index (χ3v) is 7.79. The highest BCUT2D eigenvalue weighted by Gasteiger charge is 2.57. The molecule has 2 aromatic rings. The fourth-order valence-corrected chi connectivity index (χ4v) is 5.41. The average molecular weight is 588 g/mol. The maximum atomic E-state index is 14.3. The monoisotopic (exact) mass is 587 g/mol. The van der Waals surface area contributed by atoms with E-state index >= 15 is 0 Å². The first-order valence-corrected chi connectivity index (χ1v) is 13.2. The van der Waals surface area contributed by atoms with Crippen LogP contribution in [0.3, 0.4) is 0 Å². The van der Waals surface area contributed by atoms with Crippen molar-refractivity contribution >= 4 is 23.8 Å². The lowest BCUT2D eigenvalue weighted by Gasteiger charge is -2.43. The molecule has 2 aliphatic rings. The van der Waals surface area contributed by atoms with E-state index in [-0.39, 0.29) is 32.5 Å². The van der Waals surface area contributed by atoms with Gasteiger partial charge in [0.25, 0.3) is 11.8 Å². The minimum atomic E-state index is -4.79. The highest BCUT2D eigenvalue weighted by Crippen LogP contribution is 2.38.